The predicted molar refractivity (Wildman–Crippen MR) is 69.2 cm³/mol. The van der Waals surface area contributed by atoms with E-state index in [1.54, 1.807) is 0 Å². The van der Waals surface area contributed by atoms with E-state index in [1.807, 2.05) is 6.20 Å². The lowest BCUT2D eigenvalue weighted by Gasteiger charge is -2.33. The molecule has 1 aliphatic rings. The van der Waals surface area contributed by atoms with Crippen LogP contribution in [0.5, 0.6) is 0 Å². The van der Waals surface area contributed by atoms with Crippen molar-refractivity contribution in [2.45, 2.75) is 18.8 Å². The Kier molecular flexibility index (Phi) is 2.82. The van der Waals surface area contributed by atoms with Crippen molar-refractivity contribution in [3.05, 3.63) is 48.3 Å². The van der Waals surface area contributed by atoms with Gasteiger partial charge in [-0.25, -0.2) is 0 Å². The number of anilines is 1. The van der Waals surface area contributed by atoms with Crippen LogP contribution in [0, 0.1) is 0 Å². The Morgan fingerprint density at radius 3 is 2.47 bits per heavy atom. The zero-order valence-corrected chi connectivity index (χ0v) is 9.84. The molecule has 1 aromatic heterocycles. The number of hydrogen-bond acceptors (Lipinski definition) is 2. The second kappa shape index (κ2) is 4.62. The van der Waals surface area contributed by atoms with E-state index in [0.717, 1.165) is 13.1 Å². The number of nitrogens with zero attached hydrogens (tertiary/aromatic N) is 2. The maximum atomic E-state index is 4.04. The Morgan fingerprint density at radius 1 is 1.06 bits per heavy atom. The Hall–Kier alpha value is -1.77. The van der Waals surface area contributed by atoms with Gasteiger partial charge in [0.25, 0.3) is 0 Å². The summed E-state index contributed by atoms with van der Waals surface area (Å²) in [6.45, 7) is 2.27. The maximum absolute atomic E-state index is 4.04. The first-order valence-electron chi connectivity index (χ1n) is 6.23. The maximum Gasteiger partial charge on any atom is 0.0490 e. The van der Waals surface area contributed by atoms with Crippen LogP contribution < -0.4 is 4.90 Å². The van der Waals surface area contributed by atoms with Crippen molar-refractivity contribution in [2.75, 3.05) is 18.0 Å². The molecule has 3 nitrogen and oxygen atoms in total. The van der Waals surface area contributed by atoms with Crippen molar-refractivity contribution in [1.29, 1.82) is 0 Å². The molecular formula is C14H17N3. The molecule has 2 heterocycles. The molecule has 1 N–H and O–H groups in total. The van der Waals surface area contributed by atoms with E-state index in [9.17, 15) is 0 Å². The van der Waals surface area contributed by atoms with Crippen LogP contribution in [0.15, 0.2) is 42.6 Å². The van der Waals surface area contributed by atoms with Crippen LogP contribution in [-0.4, -0.2) is 23.3 Å². The molecule has 0 saturated carbocycles. The first kappa shape index (κ1) is 10.4. The Bertz CT molecular complexity index is 442. The molecular weight excluding hydrogens is 210 g/mol. The highest BCUT2D eigenvalue weighted by Gasteiger charge is 2.21. The Labute approximate surface area is 101 Å². The highest BCUT2D eigenvalue weighted by Crippen LogP contribution is 2.28. The fourth-order valence-corrected chi connectivity index (χ4v) is 2.58. The van der Waals surface area contributed by atoms with Gasteiger partial charge in [-0.1, -0.05) is 18.2 Å². The minimum Gasteiger partial charge on any atom is -0.371 e. The lowest BCUT2D eigenvalue weighted by atomic mass is 9.93. The minimum absolute atomic E-state index is 0.650. The standard InChI is InChI=1S/C14H17N3/c1-2-4-13(5-3-1)17-10-7-12(8-11-17)14-6-9-15-16-14/h1-6,9,12H,7-8,10-11H2,(H,15,16). The second-order valence-corrected chi connectivity index (χ2v) is 4.61. The highest BCUT2D eigenvalue weighted by molar-refractivity contribution is 5.46. The van der Waals surface area contributed by atoms with E-state index < -0.39 is 0 Å². The zero-order valence-electron chi connectivity index (χ0n) is 9.84. The van der Waals surface area contributed by atoms with Crippen LogP contribution in [0.2, 0.25) is 0 Å². The van der Waals surface area contributed by atoms with E-state index in [1.165, 1.54) is 24.2 Å². The third kappa shape index (κ3) is 2.18. The van der Waals surface area contributed by atoms with Gasteiger partial charge in [-0.2, -0.15) is 5.10 Å². The van der Waals surface area contributed by atoms with Crippen molar-refractivity contribution >= 4 is 5.69 Å². The first-order valence-corrected chi connectivity index (χ1v) is 6.23. The van der Waals surface area contributed by atoms with Crippen LogP contribution >= 0.6 is 0 Å². The summed E-state index contributed by atoms with van der Waals surface area (Å²) >= 11 is 0. The van der Waals surface area contributed by atoms with Gasteiger partial charge in [0.15, 0.2) is 0 Å². The van der Waals surface area contributed by atoms with Gasteiger partial charge in [0.2, 0.25) is 0 Å². The summed E-state index contributed by atoms with van der Waals surface area (Å²) in [5, 5.41) is 7.13. The monoisotopic (exact) mass is 227 g/mol. The number of rotatable bonds is 2. The van der Waals surface area contributed by atoms with E-state index in [2.05, 4.69) is 51.5 Å². The summed E-state index contributed by atoms with van der Waals surface area (Å²) in [6, 6.07) is 12.8. The van der Waals surface area contributed by atoms with Crippen LogP contribution in [-0.2, 0) is 0 Å². The van der Waals surface area contributed by atoms with Gasteiger partial charge in [0.05, 0.1) is 0 Å². The van der Waals surface area contributed by atoms with Crippen LogP contribution in [0.3, 0.4) is 0 Å². The minimum atomic E-state index is 0.650. The molecule has 0 amide bonds. The van der Waals surface area contributed by atoms with E-state index in [4.69, 9.17) is 0 Å². The van der Waals surface area contributed by atoms with Gasteiger partial charge in [0.1, 0.15) is 0 Å². The molecule has 0 spiro atoms. The van der Waals surface area contributed by atoms with Gasteiger partial charge in [-0.15, -0.1) is 0 Å². The van der Waals surface area contributed by atoms with E-state index in [-0.39, 0.29) is 0 Å². The molecule has 0 radical (unpaired) electrons. The van der Waals surface area contributed by atoms with Crippen molar-refractivity contribution in [3.63, 3.8) is 0 Å². The van der Waals surface area contributed by atoms with Gasteiger partial charge < -0.3 is 4.90 Å². The molecule has 1 aromatic carbocycles. The fourth-order valence-electron chi connectivity index (χ4n) is 2.58. The molecule has 2 aromatic rings. The van der Waals surface area contributed by atoms with Gasteiger partial charge >= 0.3 is 0 Å². The lowest BCUT2D eigenvalue weighted by molar-refractivity contribution is 0.495. The lowest BCUT2D eigenvalue weighted by Crippen LogP contribution is -2.32. The summed E-state index contributed by atoms with van der Waals surface area (Å²) in [5.41, 5.74) is 2.63. The first-order chi connectivity index (χ1) is 8.43. The van der Waals surface area contributed by atoms with Crippen LogP contribution in [0.25, 0.3) is 0 Å². The van der Waals surface area contributed by atoms with Crippen molar-refractivity contribution < 1.29 is 0 Å². The highest BCUT2D eigenvalue weighted by atomic mass is 15.1. The third-order valence-electron chi connectivity index (χ3n) is 3.58. The number of aromatic nitrogens is 2. The zero-order chi connectivity index (χ0) is 11.5. The number of H-pyrrole nitrogens is 1. The molecule has 0 aliphatic carbocycles. The third-order valence-corrected chi connectivity index (χ3v) is 3.58. The molecule has 1 aliphatic heterocycles. The van der Waals surface area contributed by atoms with Gasteiger partial charge in [0, 0.05) is 36.6 Å². The number of para-hydroxylation sites is 1. The van der Waals surface area contributed by atoms with Gasteiger partial charge in [-0.3, -0.25) is 5.10 Å². The van der Waals surface area contributed by atoms with E-state index in [0.29, 0.717) is 5.92 Å². The largest absolute Gasteiger partial charge is 0.371 e. The van der Waals surface area contributed by atoms with Crippen LogP contribution in [0.1, 0.15) is 24.5 Å². The molecule has 1 fully saturated rings. The molecule has 0 bridgehead atoms. The quantitative estimate of drug-likeness (QED) is 0.855. The second-order valence-electron chi connectivity index (χ2n) is 4.61. The Morgan fingerprint density at radius 2 is 1.82 bits per heavy atom. The number of benzene rings is 1. The molecule has 3 heteroatoms. The molecule has 0 atom stereocenters. The van der Waals surface area contributed by atoms with Crippen molar-refractivity contribution in [1.82, 2.24) is 10.2 Å². The SMILES string of the molecule is c1ccc(N2CCC(c3ccn[nH]3)CC2)cc1. The normalized spacial score (nSPS) is 17.3. The van der Waals surface area contributed by atoms with Crippen molar-refractivity contribution in [3.8, 4) is 0 Å². The molecule has 1 saturated heterocycles. The fraction of sp³-hybridized carbons (Fsp3) is 0.357. The Balaban J connectivity index is 1.65. The molecule has 88 valence electrons. The summed E-state index contributed by atoms with van der Waals surface area (Å²) in [5.74, 6) is 0.650. The van der Waals surface area contributed by atoms with E-state index >= 15 is 0 Å². The average Bonchev–Trinajstić information content (AvgIpc) is 2.94. The topological polar surface area (TPSA) is 31.9 Å². The summed E-state index contributed by atoms with van der Waals surface area (Å²) < 4.78 is 0. The smallest absolute Gasteiger partial charge is 0.0490 e. The average molecular weight is 227 g/mol. The number of aromatic amines is 1. The number of piperidine rings is 1. The van der Waals surface area contributed by atoms with Crippen LogP contribution in [0.4, 0.5) is 5.69 Å². The summed E-state index contributed by atoms with van der Waals surface area (Å²) in [6.07, 6.45) is 4.26. The molecule has 0 unspecified atom stereocenters. The predicted octanol–water partition coefficient (Wildman–Crippen LogP) is 2.79. The number of hydrogen-bond donors (Lipinski definition) is 1. The molecule has 3 rings (SSSR count). The number of nitrogens with one attached hydrogen (secondary N) is 1. The molecule has 17 heavy (non-hydrogen) atoms. The summed E-state index contributed by atoms with van der Waals surface area (Å²) in [7, 11) is 0. The summed E-state index contributed by atoms with van der Waals surface area (Å²) in [4.78, 5) is 2.47. The van der Waals surface area contributed by atoms with Gasteiger partial charge in [-0.05, 0) is 31.0 Å². The van der Waals surface area contributed by atoms with Crippen molar-refractivity contribution in [2.24, 2.45) is 0 Å².